The van der Waals surface area contributed by atoms with Crippen LogP contribution in [0.1, 0.15) is 18.9 Å². The summed E-state index contributed by atoms with van der Waals surface area (Å²) in [4.78, 5) is 2.29. The quantitative estimate of drug-likeness (QED) is 0.869. The van der Waals surface area contributed by atoms with E-state index >= 15 is 0 Å². The van der Waals surface area contributed by atoms with Gasteiger partial charge < -0.3 is 10.2 Å². The van der Waals surface area contributed by atoms with Crippen LogP contribution in [-0.4, -0.2) is 23.3 Å². The number of anilines is 2. The van der Waals surface area contributed by atoms with Crippen LogP contribution in [0.3, 0.4) is 0 Å². The van der Waals surface area contributed by atoms with Gasteiger partial charge in [-0.25, -0.2) is 0 Å². The lowest BCUT2D eigenvalue weighted by Crippen LogP contribution is -2.21. The topological polar surface area (TPSA) is 41.1 Å². The van der Waals surface area contributed by atoms with E-state index < -0.39 is 0 Å². The summed E-state index contributed by atoms with van der Waals surface area (Å²) in [6.45, 7) is 6.86. The Hall–Kier alpha value is -1.62. The zero-order valence-corrected chi connectivity index (χ0v) is 11.6. The van der Waals surface area contributed by atoms with Crippen LogP contribution >= 0.6 is 11.3 Å². The van der Waals surface area contributed by atoms with Crippen LogP contribution in [0.2, 0.25) is 0 Å². The summed E-state index contributed by atoms with van der Waals surface area (Å²) in [5.74, 6) is 0. The second-order valence-electron chi connectivity index (χ2n) is 3.88. The third-order valence-corrected chi connectivity index (χ3v) is 3.49. The van der Waals surface area contributed by atoms with Crippen molar-refractivity contribution in [2.75, 3.05) is 23.3 Å². The van der Waals surface area contributed by atoms with Gasteiger partial charge in [-0.3, -0.25) is 0 Å². The normalized spacial score (nSPS) is 10.3. The van der Waals surface area contributed by atoms with Gasteiger partial charge in [0.1, 0.15) is 5.01 Å². The van der Waals surface area contributed by atoms with Crippen LogP contribution in [0.5, 0.6) is 0 Å². The SMILES string of the molecule is CCNc1nnc(CN(CC)c2ccccc2)s1. The molecule has 0 aliphatic rings. The molecule has 0 aliphatic heterocycles. The molecule has 0 saturated carbocycles. The van der Waals surface area contributed by atoms with Gasteiger partial charge in [0.05, 0.1) is 6.54 Å². The molecule has 0 unspecified atom stereocenters. The van der Waals surface area contributed by atoms with Crippen LogP contribution in [0, 0.1) is 0 Å². The summed E-state index contributed by atoms with van der Waals surface area (Å²) in [7, 11) is 0. The first-order valence-corrected chi connectivity index (χ1v) is 7.01. The number of benzene rings is 1. The molecule has 0 radical (unpaired) electrons. The predicted octanol–water partition coefficient (Wildman–Crippen LogP) is 3.00. The molecule has 1 heterocycles. The first-order chi connectivity index (χ1) is 8.83. The van der Waals surface area contributed by atoms with Crippen LogP contribution in [0.15, 0.2) is 30.3 Å². The molecule has 2 aromatic rings. The molecule has 18 heavy (non-hydrogen) atoms. The average Bonchev–Trinajstić information content (AvgIpc) is 2.85. The Balaban J connectivity index is 2.06. The van der Waals surface area contributed by atoms with E-state index in [9.17, 15) is 0 Å². The Bertz CT molecular complexity index is 469. The first-order valence-electron chi connectivity index (χ1n) is 6.19. The van der Waals surface area contributed by atoms with Crippen molar-refractivity contribution in [2.24, 2.45) is 0 Å². The molecule has 1 aromatic carbocycles. The summed E-state index contributed by atoms with van der Waals surface area (Å²) >= 11 is 1.62. The minimum absolute atomic E-state index is 0.809. The lowest BCUT2D eigenvalue weighted by molar-refractivity contribution is 0.811. The molecule has 0 saturated heterocycles. The van der Waals surface area contributed by atoms with Crippen LogP contribution in [-0.2, 0) is 6.54 Å². The van der Waals surface area contributed by atoms with Gasteiger partial charge in [0.15, 0.2) is 0 Å². The lowest BCUT2D eigenvalue weighted by atomic mass is 10.3. The second kappa shape index (κ2) is 6.35. The fourth-order valence-electron chi connectivity index (χ4n) is 1.73. The Morgan fingerprint density at radius 3 is 2.61 bits per heavy atom. The van der Waals surface area contributed by atoms with E-state index in [0.717, 1.165) is 29.8 Å². The standard InChI is InChI=1S/C13H18N4S/c1-3-14-13-16-15-12(18-13)10-17(4-2)11-8-6-5-7-9-11/h5-9H,3-4,10H2,1-2H3,(H,14,16). The highest BCUT2D eigenvalue weighted by atomic mass is 32.1. The number of aromatic nitrogens is 2. The van der Waals surface area contributed by atoms with Crippen molar-refractivity contribution >= 4 is 22.2 Å². The van der Waals surface area contributed by atoms with Gasteiger partial charge in [0.25, 0.3) is 0 Å². The smallest absolute Gasteiger partial charge is 0.205 e. The van der Waals surface area contributed by atoms with Gasteiger partial charge in [-0.2, -0.15) is 0 Å². The number of para-hydroxylation sites is 1. The second-order valence-corrected chi connectivity index (χ2v) is 4.94. The average molecular weight is 262 g/mol. The zero-order valence-electron chi connectivity index (χ0n) is 10.8. The summed E-state index contributed by atoms with van der Waals surface area (Å²) in [6.07, 6.45) is 0. The molecule has 0 atom stereocenters. The zero-order chi connectivity index (χ0) is 12.8. The van der Waals surface area contributed by atoms with E-state index in [1.165, 1.54) is 5.69 Å². The van der Waals surface area contributed by atoms with Crippen LogP contribution in [0.25, 0.3) is 0 Å². The number of hydrogen-bond acceptors (Lipinski definition) is 5. The van der Waals surface area contributed by atoms with Crippen molar-refractivity contribution < 1.29 is 0 Å². The maximum absolute atomic E-state index is 4.21. The van der Waals surface area contributed by atoms with E-state index in [1.807, 2.05) is 6.07 Å². The van der Waals surface area contributed by atoms with Crippen LogP contribution in [0.4, 0.5) is 10.8 Å². The van der Waals surface area contributed by atoms with Crippen molar-refractivity contribution in [1.29, 1.82) is 0 Å². The van der Waals surface area contributed by atoms with Gasteiger partial charge in [-0.1, -0.05) is 29.5 Å². The molecule has 0 spiro atoms. The highest BCUT2D eigenvalue weighted by molar-refractivity contribution is 7.15. The van der Waals surface area contributed by atoms with Gasteiger partial charge in [-0.15, -0.1) is 10.2 Å². The number of rotatable bonds is 6. The molecule has 4 nitrogen and oxygen atoms in total. The molecule has 1 N–H and O–H groups in total. The third-order valence-electron chi connectivity index (χ3n) is 2.62. The number of hydrogen-bond donors (Lipinski definition) is 1. The fourth-order valence-corrected chi connectivity index (χ4v) is 2.55. The lowest BCUT2D eigenvalue weighted by Gasteiger charge is -2.21. The molecule has 1 aromatic heterocycles. The van der Waals surface area contributed by atoms with E-state index in [-0.39, 0.29) is 0 Å². The summed E-state index contributed by atoms with van der Waals surface area (Å²) in [5.41, 5.74) is 1.22. The summed E-state index contributed by atoms with van der Waals surface area (Å²) < 4.78 is 0. The van der Waals surface area contributed by atoms with Crippen molar-refractivity contribution in [3.05, 3.63) is 35.3 Å². The van der Waals surface area contributed by atoms with Crippen LogP contribution < -0.4 is 10.2 Å². The largest absolute Gasteiger partial charge is 0.365 e. The Morgan fingerprint density at radius 1 is 1.17 bits per heavy atom. The third kappa shape index (κ3) is 3.20. The molecule has 5 heteroatoms. The van der Waals surface area contributed by atoms with Crippen molar-refractivity contribution in [2.45, 2.75) is 20.4 Å². The van der Waals surface area contributed by atoms with Gasteiger partial charge >= 0.3 is 0 Å². The minimum atomic E-state index is 0.809. The Morgan fingerprint density at radius 2 is 1.94 bits per heavy atom. The molecule has 2 rings (SSSR count). The fraction of sp³-hybridized carbons (Fsp3) is 0.385. The van der Waals surface area contributed by atoms with Gasteiger partial charge in [0.2, 0.25) is 5.13 Å². The number of nitrogens with zero attached hydrogens (tertiary/aromatic N) is 3. The maximum atomic E-state index is 4.21. The number of nitrogens with one attached hydrogen (secondary N) is 1. The van der Waals surface area contributed by atoms with Crippen molar-refractivity contribution in [3.63, 3.8) is 0 Å². The van der Waals surface area contributed by atoms with Gasteiger partial charge in [0, 0.05) is 18.8 Å². The van der Waals surface area contributed by atoms with E-state index in [0.29, 0.717) is 0 Å². The molecule has 96 valence electrons. The Labute approximate surface area is 112 Å². The summed E-state index contributed by atoms with van der Waals surface area (Å²) in [6, 6.07) is 10.4. The molecule has 0 bridgehead atoms. The van der Waals surface area contributed by atoms with E-state index in [2.05, 4.69) is 58.5 Å². The van der Waals surface area contributed by atoms with E-state index in [1.54, 1.807) is 11.3 Å². The first kappa shape index (κ1) is 12.8. The predicted molar refractivity (Wildman–Crippen MR) is 77.2 cm³/mol. The Kier molecular flexibility index (Phi) is 4.52. The monoisotopic (exact) mass is 262 g/mol. The molecule has 0 amide bonds. The highest BCUT2D eigenvalue weighted by Gasteiger charge is 2.09. The summed E-state index contributed by atoms with van der Waals surface area (Å²) in [5, 5.41) is 13.5. The molecular formula is C13H18N4S. The minimum Gasteiger partial charge on any atom is -0.365 e. The molecule has 0 aliphatic carbocycles. The highest BCUT2D eigenvalue weighted by Crippen LogP contribution is 2.20. The molecule has 0 fully saturated rings. The van der Waals surface area contributed by atoms with Crippen molar-refractivity contribution in [1.82, 2.24) is 10.2 Å². The van der Waals surface area contributed by atoms with Gasteiger partial charge in [-0.05, 0) is 26.0 Å². The van der Waals surface area contributed by atoms with Crippen molar-refractivity contribution in [3.8, 4) is 0 Å². The molecular weight excluding hydrogens is 244 g/mol. The van der Waals surface area contributed by atoms with E-state index in [4.69, 9.17) is 0 Å². The maximum Gasteiger partial charge on any atom is 0.205 e.